The lowest BCUT2D eigenvalue weighted by molar-refractivity contribution is 0.133. The van der Waals surface area contributed by atoms with E-state index in [9.17, 15) is 9.13 Å². The summed E-state index contributed by atoms with van der Waals surface area (Å²) in [5.41, 5.74) is -0.0206. The highest BCUT2D eigenvalue weighted by Crippen LogP contribution is 2.80. The SMILES string of the molecule is CC(C)OP1(=O)OC(C)(P(=O)(C(C)C)C(C)C)CC1(C)C. The van der Waals surface area contributed by atoms with Gasteiger partial charge in [0.25, 0.3) is 0 Å². The van der Waals surface area contributed by atoms with Gasteiger partial charge < -0.3 is 9.09 Å². The molecule has 0 amide bonds. The van der Waals surface area contributed by atoms with E-state index < -0.39 is 25.2 Å². The minimum atomic E-state index is -3.30. The highest BCUT2D eigenvalue weighted by atomic mass is 31.2. The average molecular weight is 338 g/mol. The molecule has 1 rings (SSSR count). The topological polar surface area (TPSA) is 52.6 Å². The van der Waals surface area contributed by atoms with Gasteiger partial charge in [-0.25, -0.2) is 0 Å². The van der Waals surface area contributed by atoms with Gasteiger partial charge in [-0.3, -0.25) is 9.09 Å². The standard InChI is InChI=1S/C15H32O4P2/c1-11(2)18-21(17)14(7,8)10-15(9,19-21)20(16,12(3)4)13(5)6/h11-13H,10H2,1-9H3. The third-order valence-electron chi connectivity index (χ3n) is 4.44. The van der Waals surface area contributed by atoms with Crippen molar-refractivity contribution in [2.75, 3.05) is 0 Å². The zero-order valence-corrected chi connectivity index (χ0v) is 16.8. The molecule has 1 heterocycles. The predicted octanol–water partition coefficient (Wildman–Crippen LogP) is 5.70. The number of hydrogen-bond acceptors (Lipinski definition) is 4. The summed E-state index contributed by atoms with van der Waals surface area (Å²) in [7, 11) is -6.00. The van der Waals surface area contributed by atoms with Crippen molar-refractivity contribution in [1.29, 1.82) is 0 Å². The van der Waals surface area contributed by atoms with Crippen molar-refractivity contribution in [2.45, 2.75) is 96.7 Å². The van der Waals surface area contributed by atoms with Gasteiger partial charge in [-0.05, 0) is 34.6 Å². The Morgan fingerprint density at radius 3 is 1.81 bits per heavy atom. The van der Waals surface area contributed by atoms with E-state index in [0.29, 0.717) is 6.42 Å². The van der Waals surface area contributed by atoms with Gasteiger partial charge in [-0.2, -0.15) is 0 Å². The van der Waals surface area contributed by atoms with E-state index in [1.165, 1.54) is 0 Å². The Labute approximate surface area is 130 Å². The van der Waals surface area contributed by atoms with Crippen LogP contribution in [0.25, 0.3) is 0 Å². The Hall–Kier alpha value is 0.380. The van der Waals surface area contributed by atoms with Crippen molar-refractivity contribution in [1.82, 2.24) is 0 Å². The molecule has 0 N–H and O–H groups in total. The van der Waals surface area contributed by atoms with Crippen LogP contribution in [0.4, 0.5) is 0 Å². The van der Waals surface area contributed by atoms with Crippen molar-refractivity contribution in [3.63, 3.8) is 0 Å². The molecule has 6 heteroatoms. The summed E-state index contributed by atoms with van der Waals surface area (Å²) < 4.78 is 38.6. The molecule has 1 saturated heterocycles. The molecule has 0 aromatic heterocycles. The number of rotatable bonds is 5. The van der Waals surface area contributed by atoms with E-state index in [2.05, 4.69) is 0 Å². The Kier molecular flexibility index (Phi) is 5.35. The molecule has 126 valence electrons. The molecule has 1 aliphatic heterocycles. The van der Waals surface area contributed by atoms with Crippen LogP contribution >= 0.6 is 14.7 Å². The highest BCUT2D eigenvalue weighted by Gasteiger charge is 2.65. The smallest absolute Gasteiger partial charge is 0.320 e. The molecule has 21 heavy (non-hydrogen) atoms. The first-order valence-corrected chi connectivity index (χ1v) is 11.2. The first-order chi connectivity index (χ1) is 9.22. The van der Waals surface area contributed by atoms with Gasteiger partial charge in [0.2, 0.25) is 0 Å². The highest BCUT2D eigenvalue weighted by molar-refractivity contribution is 7.68. The van der Waals surface area contributed by atoms with E-state index in [1.54, 1.807) is 0 Å². The first-order valence-electron chi connectivity index (χ1n) is 7.80. The Morgan fingerprint density at radius 1 is 1.05 bits per heavy atom. The van der Waals surface area contributed by atoms with Gasteiger partial charge in [0, 0.05) is 17.7 Å². The van der Waals surface area contributed by atoms with E-state index in [-0.39, 0.29) is 17.4 Å². The summed E-state index contributed by atoms with van der Waals surface area (Å²) >= 11 is 0. The molecule has 0 bridgehead atoms. The molecule has 0 aliphatic carbocycles. The summed E-state index contributed by atoms with van der Waals surface area (Å²) in [4.78, 5) is 0. The molecule has 4 nitrogen and oxygen atoms in total. The third kappa shape index (κ3) is 3.07. The van der Waals surface area contributed by atoms with Gasteiger partial charge in [-0.1, -0.05) is 27.7 Å². The van der Waals surface area contributed by atoms with E-state index in [0.717, 1.165) is 0 Å². The summed E-state index contributed by atoms with van der Waals surface area (Å²) in [6, 6.07) is 0. The first kappa shape index (κ1) is 19.4. The fraction of sp³-hybridized carbons (Fsp3) is 1.00. The zero-order chi connectivity index (χ0) is 16.9. The second kappa shape index (κ2) is 5.78. The van der Waals surface area contributed by atoms with Crippen LogP contribution in [0.2, 0.25) is 0 Å². The molecule has 2 unspecified atom stereocenters. The molecular formula is C15H32O4P2. The summed E-state index contributed by atoms with van der Waals surface area (Å²) in [5.74, 6) is 0. The Bertz CT molecular complexity index is 470. The van der Waals surface area contributed by atoms with Gasteiger partial charge in [0.1, 0.15) is 12.5 Å². The van der Waals surface area contributed by atoms with Crippen molar-refractivity contribution >= 4 is 14.7 Å². The molecular weight excluding hydrogens is 306 g/mol. The Morgan fingerprint density at radius 2 is 1.48 bits per heavy atom. The monoisotopic (exact) mass is 338 g/mol. The molecule has 0 aromatic rings. The van der Waals surface area contributed by atoms with Gasteiger partial charge >= 0.3 is 7.60 Å². The summed E-state index contributed by atoms with van der Waals surface area (Å²) in [5, 5.41) is -1.51. The van der Waals surface area contributed by atoms with Crippen LogP contribution in [0.1, 0.15) is 68.7 Å². The maximum atomic E-state index is 13.7. The second-order valence-electron chi connectivity index (χ2n) is 7.80. The molecule has 1 aliphatic rings. The minimum absolute atomic E-state index is 0.0103. The lowest BCUT2D eigenvalue weighted by Gasteiger charge is -2.39. The van der Waals surface area contributed by atoms with Gasteiger partial charge in [0.15, 0.2) is 0 Å². The quantitative estimate of drug-likeness (QED) is 0.603. The van der Waals surface area contributed by atoms with Crippen LogP contribution in [0.5, 0.6) is 0 Å². The second-order valence-corrected chi connectivity index (χ2v) is 14.8. The van der Waals surface area contributed by atoms with Gasteiger partial charge in [-0.15, -0.1) is 0 Å². The van der Waals surface area contributed by atoms with E-state index in [4.69, 9.17) is 9.05 Å². The van der Waals surface area contributed by atoms with Crippen LogP contribution in [0, 0.1) is 0 Å². The molecule has 0 radical (unpaired) electrons. The largest absolute Gasteiger partial charge is 0.337 e. The van der Waals surface area contributed by atoms with Crippen LogP contribution in [-0.2, 0) is 18.2 Å². The van der Waals surface area contributed by atoms with Crippen LogP contribution < -0.4 is 0 Å². The van der Waals surface area contributed by atoms with Gasteiger partial charge in [0.05, 0.1) is 11.3 Å². The normalized spacial score (nSPS) is 33.3. The van der Waals surface area contributed by atoms with Crippen molar-refractivity contribution in [3.05, 3.63) is 0 Å². The Balaban J connectivity index is 3.34. The maximum absolute atomic E-state index is 13.7. The van der Waals surface area contributed by atoms with E-state index in [1.807, 2.05) is 62.3 Å². The molecule has 1 fully saturated rings. The fourth-order valence-electron chi connectivity index (χ4n) is 3.63. The molecule has 2 atom stereocenters. The van der Waals surface area contributed by atoms with E-state index >= 15 is 0 Å². The van der Waals surface area contributed by atoms with Crippen molar-refractivity contribution in [2.24, 2.45) is 0 Å². The lowest BCUT2D eigenvalue weighted by Crippen LogP contribution is -2.33. The summed E-state index contributed by atoms with van der Waals surface area (Å²) in [6.07, 6.45) is 0.312. The summed E-state index contributed by atoms with van der Waals surface area (Å²) in [6.45, 7) is 17.2. The third-order valence-corrected chi connectivity index (χ3v) is 12.4. The molecule has 0 spiro atoms. The average Bonchev–Trinajstić information content (AvgIpc) is 2.41. The molecule has 0 saturated carbocycles. The number of hydrogen-bond donors (Lipinski definition) is 0. The van der Waals surface area contributed by atoms with Crippen LogP contribution in [-0.4, -0.2) is 27.9 Å². The minimum Gasteiger partial charge on any atom is -0.320 e. The molecule has 0 aromatic carbocycles. The van der Waals surface area contributed by atoms with Crippen LogP contribution in [0.15, 0.2) is 0 Å². The fourth-order valence-corrected chi connectivity index (χ4v) is 10.8. The van der Waals surface area contributed by atoms with Crippen molar-refractivity contribution < 1.29 is 18.2 Å². The van der Waals surface area contributed by atoms with Crippen LogP contribution in [0.3, 0.4) is 0 Å². The lowest BCUT2D eigenvalue weighted by atomic mass is 10.1. The maximum Gasteiger partial charge on any atom is 0.337 e. The van der Waals surface area contributed by atoms with Crippen molar-refractivity contribution in [3.8, 4) is 0 Å². The predicted molar refractivity (Wildman–Crippen MR) is 89.9 cm³/mol. The zero-order valence-electron chi connectivity index (χ0n) is 15.0.